The molecule has 1 saturated carbocycles. The molecule has 1 N–H and O–H groups in total. The molecule has 0 spiro atoms. The van der Waals surface area contributed by atoms with Crippen LogP contribution in [0.1, 0.15) is 44.0 Å². The SMILES string of the molecule is Cc1ncn(C2(C(=O)O)CCC(C)CC2)c1C. The van der Waals surface area contributed by atoms with Crippen molar-refractivity contribution in [2.45, 2.75) is 52.0 Å². The molecule has 1 aromatic heterocycles. The summed E-state index contributed by atoms with van der Waals surface area (Å²) >= 11 is 0. The molecule has 0 bridgehead atoms. The van der Waals surface area contributed by atoms with E-state index in [-0.39, 0.29) is 0 Å². The van der Waals surface area contributed by atoms with Gasteiger partial charge in [-0.2, -0.15) is 0 Å². The molecule has 0 saturated heterocycles. The quantitative estimate of drug-likeness (QED) is 0.858. The average molecular weight is 236 g/mol. The lowest BCUT2D eigenvalue weighted by molar-refractivity contribution is -0.150. The maximum atomic E-state index is 11.7. The summed E-state index contributed by atoms with van der Waals surface area (Å²) in [6.07, 6.45) is 5.06. The number of carboxylic acids is 1. The number of aryl methyl sites for hydroxylation is 1. The Balaban J connectivity index is 2.42. The maximum absolute atomic E-state index is 11.7. The average Bonchev–Trinajstić information content (AvgIpc) is 2.62. The smallest absolute Gasteiger partial charge is 0.329 e. The molecule has 0 atom stereocenters. The highest BCUT2D eigenvalue weighted by atomic mass is 16.4. The van der Waals surface area contributed by atoms with Crippen LogP contribution < -0.4 is 0 Å². The zero-order valence-electron chi connectivity index (χ0n) is 10.7. The summed E-state index contributed by atoms with van der Waals surface area (Å²) in [5, 5.41) is 9.61. The molecule has 0 aromatic carbocycles. The van der Waals surface area contributed by atoms with Crippen LogP contribution in [0.3, 0.4) is 0 Å². The van der Waals surface area contributed by atoms with E-state index in [4.69, 9.17) is 0 Å². The number of hydrogen-bond donors (Lipinski definition) is 1. The lowest BCUT2D eigenvalue weighted by atomic mass is 9.76. The van der Waals surface area contributed by atoms with E-state index < -0.39 is 11.5 Å². The molecule has 0 radical (unpaired) electrons. The Morgan fingerprint density at radius 3 is 2.47 bits per heavy atom. The number of aliphatic carboxylic acids is 1. The maximum Gasteiger partial charge on any atom is 0.329 e. The van der Waals surface area contributed by atoms with Gasteiger partial charge in [-0.05, 0) is 45.4 Å². The zero-order chi connectivity index (χ0) is 12.6. The van der Waals surface area contributed by atoms with Gasteiger partial charge >= 0.3 is 5.97 Å². The number of carboxylic acid groups (broad SMARTS) is 1. The second-order valence-electron chi connectivity index (χ2n) is 5.30. The second-order valence-corrected chi connectivity index (χ2v) is 5.30. The number of rotatable bonds is 2. The molecule has 4 nitrogen and oxygen atoms in total. The third kappa shape index (κ3) is 1.85. The van der Waals surface area contributed by atoms with Crippen LogP contribution in [0.2, 0.25) is 0 Å². The molecule has 4 heteroatoms. The lowest BCUT2D eigenvalue weighted by Crippen LogP contribution is -2.45. The molecule has 1 aliphatic rings. The summed E-state index contributed by atoms with van der Waals surface area (Å²) in [5.74, 6) is -0.0858. The zero-order valence-corrected chi connectivity index (χ0v) is 10.7. The fourth-order valence-electron chi connectivity index (χ4n) is 2.73. The molecule has 0 amide bonds. The van der Waals surface area contributed by atoms with Gasteiger partial charge in [0.1, 0.15) is 5.54 Å². The van der Waals surface area contributed by atoms with Crippen LogP contribution in [-0.4, -0.2) is 20.6 Å². The molecule has 1 fully saturated rings. The molecule has 0 aliphatic heterocycles. The Hall–Kier alpha value is -1.32. The highest BCUT2D eigenvalue weighted by molar-refractivity contribution is 5.77. The Morgan fingerprint density at radius 2 is 2.06 bits per heavy atom. The minimum atomic E-state index is -0.766. The van der Waals surface area contributed by atoms with Crippen LogP contribution in [0.25, 0.3) is 0 Å². The summed E-state index contributed by atoms with van der Waals surface area (Å²) in [4.78, 5) is 15.9. The summed E-state index contributed by atoms with van der Waals surface area (Å²) in [7, 11) is 0. The van der Waals surface area contributed by atoms with Gasteiger partial charge in [-0.3, -0.25) is 0 Å². The van der Waals surface area contributed by atoms with Gasteiger partial charge < -0.3 is 9.67 Å². The standard InChI is InChI=1S/C13H20N2O2/c1-9-4-6-13(7-5-9,12(16)17)15-8-14-10(2)11(15)3/h8-9H,4-7H2,1-3H3,(H,16,17). The highest BCUT2D eigenvalue weighted by Gasteiger charge is 2.43. The van der Waals surface area contributed by atoms with Crippen molar-refractivity contribution in [2.75, 3.05) is 0 Å². The topological polar surface area (TPSA) is 55.1 Å². The van der Waals surface area contributed by atoms with Crippen LogP contribution in [0.4, 0.5) is 0 Å². The van der Waals surface area contributed by atoms with Gasteiger partial charge in [0.15, 0.2) is 0 Å². The molecule has 1 aliphatic carbocycles. The third-order valence-corrected chi connectivity index (χ3v) is 4.21. The van der Waals surface area contributed by atoms with Crippen molar-refractivity contribution in [3.8, 4) is 0 Å². The first-order valence-electron chi connectivity index (χ1n) is 6.22. The van der Waals surface area contributed by atoms with Crippen LogP contribution in [0, 0.1) is 19.8 Å². The fraction of sp³-hybridized carbons (Fsp3) is 0.692. The van der Waals surface area contributed by atoms with E-state index in [9.17, 15) is 9.90 Å². The number of hydrogen-bond acceptors (Lipinski definition) is 2. The van der Waals surface area contributed by atoms with Crippen molar-refractivity contribution in [1.82, 2.24) is 9.55 Å². The van der Waals surface area contributed by atoms with E-state index in [2.05, 4.69) is 11.9 Å². The summed E-state index contributed by atoms with van der Waals surface area (Å²) in [5.41, 5.74) is 1.13. The molecule has 94 valence electrons. The largest absolute Gasteiger partial charge is 0.479 e. The van der Waals surface area contributed by atoms with Crippen molar-refractivity contribution in [3.63, 3.8) is 0 Å². The van der Waals surface area contributed by atoms with Gasteiger partial charge in [-0.25, -0.2) is 9.78 Å². The van der Waals surface area contributed by atoms with E-state index in [0.29, 0.717) is 18.8 Å². The monoisotopic (exact) mass is 236 g/mol. The van der Waals surface area contributed by atoms with Crippen molar-refractivity contribution in [3.05, 3.63) is 17.7 Å². The Labute approximate surface area is 102 Å². The van der Waals surface area contributed by atoms with Gasteiger partial charge in [0.25, 0.3) is 0 Å². The highest BCUT2D eigenvalue weighted by Crippen LogP contribution is 2.38. The van der Waals surface area contributed by atoms with E-state index in [0.717, 1.165) is 24.2 Å². The summed E-state index contributed by atoms with van der Waals surface area (Å²) in [6.45, 7) is 6.07. The van der Waals surface area contributed by atoms with E-state index >= 15 is 0 Å². The van der Waals surface area contributed by atoms with E-state index in [1.54, 1.807) is 6.33 Å². The fourth-order valence-corrected chi connectivity index (χ4v) is 2.73. The van der Waals surface area contributed by atoms with Crippen LogP contribution in [0.15, 0.2) is 6.33 Å². The minimum Gasteiger partial charge on any atom is -0.479 e. The first-order chi connectivity index (χ1) is 7.97. The predicted octanol–water partition coefficient (Wildman–Crippen LogP) is 2.49. The Morgan fingerprint density at radius 1 is 1.47 bits per heavy atom. The normalized spacial score (nSPS) is 29.2. The third-order valence-electron chi connectivity index (χ3n) is 4.21. The van der Waals surface area contributed by atoms with Gasteiger partial charge in [0.2, 0.25) is 0 Å². The van der Waals surface area contributed by atoms with Gasteiger partial charge in [0, 0.05) is 5.69 Å². The molecule has 0 unspecified atom stereocenters. The second kappa shape index (κ2) is 4.17. The molecule has 1 heterocycles. The lowest BCUT2D eigenvalue weighted by Gasteiger charge is -2.37. The van der Waals surface area contributed by atoms with Crippen molar-refractivity contribution >= 4 is 5.97 Å². The van der Waals surface area contributed by atoms with Gasteiger partial charge in [-0.1, -0.05) is 6.92 Å². The number of nitrogens with zero attached hydrogens (tertiary/aromatic N) is 2. The minimum absolute atomic E-state index is 0.632. The first-order valence-corrected chi connectivity index (χ1v) is 6.22. The Bertz CT molecular complexity index is 429. The van der Waals surface area contributed by atoms with Crippen LogP contribution in [-0.2, 0) is 10.3 Å². The molecule has 2 rings (SSSR count). The van der Waals surface area contributed by atoms with E-state index in [1.807, 2.05) is 18.4 Å². The molecule has 1 aromatic rings. The summed E-state index contributed by atoms with van der Waals surface area (Å²) in [6, 6.07) is 0. The van der Waals surface area contributed by atoms with Gasteiger partial charge in [-0.15, -0.1) is 0 Å². The molecule has 17 heavy (non-hydrogen) atoms. The number of imidazole rings is 1. The van der Waals surface area contributed by atoms with Crippen molar-refractivity contribution in [1.29, 1.82) is 0 Å². The first kappa shape index (κ1) is 12.1. The van der Waals surface area contributed by atoms with Crippen molar-refractivity contribution in [2.24, 2.45) is 5.92 Å². The van der Waals surface area contributed by atoms with Gasteiger partial charge in [0.05, 0.1) is 12.0 Å². The Kier molecular flexibility index (Phi) is 2.98. The van der Waals surface area contributed by atoms with Crippen LogP contribution in [0.5, 0.6) is 0 Å². The summed E-state index contributed by atoms with van der Waals surface area (Å²) < 4.78 is 1.87. The molecular formula is C13H20N2O2. The van der Waals surface area contributed by atoms with Crippen LogP contribution >= 0.6 is 0 Å². The number of carbonyl (C=O) groups is 1. The van der Waals surface area contributed by atoms with E-state index in [1.165, 1.54) is 0 Å². The molecular weight excluding hydrogens is 216 g/mol. The number of aromatic nitrogens is 2. The predicted molar refractivity (Wildman–Crippen MR) is 64.9 cm³/mol. The van der Waals surface area contributed by atoms with Crippen molar-refractivity contribution < 1.29 is 9.90 Å².